The van der Waals surface area contributed by atoms with Crippen molar-refractivity contribution in [3.05, 3.63) is 42.5 Å². The quantitative estimate of drug-likeness (QED) is 0.365. The Labute approximate surface area is 186 Å². The van der Waals surface area contributed by atoms with Crippen molar-refractivity contribution in [3.8, 4) is 28.6 Å². The summed E-state index contributed by atoms with van der Waals surface area (Å²) in [6, 6.07) is 10.9. The minimum absolute atomic E-state index is 0.0147. The molecule has 1 aromatic heterocycles. The molecule has 0 radical (unpaired) electrons. The zero-order valence-corrected chi connectivity index (χ0v) is 18.2. The zero-order valence-electron chi connectivity index (χ0n) is 17.4. The summed E-state index contributed by atoms with van der Waals surface area (Å²) >= 11 is 1.11. The number of carbonyl (C=O) groups excluding carboxylic acids is 1. The molecule has 0 aliphatic rings. The molecule has 1 heterocycles. The Hall–Kier alpha value is -3.54. The first-order valence-electron chi connectivity index (χ1n) is 9.27. The molecule has 0 fully saturated rings. The Morgan fingerprint density at radius 1 is 1.06 bits per heavy atom. The molecule has 1 amide bonds. The second-order valence-corrected chi connectivity index (χ2v) is 7.74. The van der Waals surface area contributed by atoms with Gasteiger partial charge in [-0.15, -0.1) is 10.2 Å². The van der Waals surface area contributed by atoms with Crippen molar-refractivity contribution in [2.75, 3.05) is 25.4 Å². The minimum Gasteiger partial charge on any atom is -0.497 e. The molecule has 0 bridgehead atoms. The summed E-state index contributed by atoms with van der Waals surface area (Å²) in [4.78, 5) is 12.6. The zero-order chi connectivity index (χ0) is 23.3. The van der Waals surface area contributed by atoms with Gasteiger partial charge in [0, 0.05) is 29.4 Å². The molecule has 32 heavy (non-hydrogen) atoms. The average Bonchev–Trinajstić information content (AvgIpc) is 3.13. The van der Waals surface area contributed by atoms with E-state index in [1.807, 2.05) is 0 Å². The number of carbonyl (C=O) groups is 1. The third-order valence-electron chi connectivity index (χ3n) is 4.27. The van der Waals surface area contributed by atoms with Gasteiger partial charge in [0.2, 0.25) is 11.1 Å². The van der Waals surface area contributed by atoms with Gasteiger partial charge < -0.3 is 25.4 Å². The lowest BCUT2D eigenvalue weighted by molar-refractivity contribution is -0.115. The second kappa shape index (κ2) is 10.2. The van der Waals surface area contributed by atoms with E-state index in [1.165, 1.54) is 43.2 Å². The molecule has 9 nitrogen and oxygen atoms in total. The van der Waals surface area contributed by atoms with Crippen molar-refractivity contribution in [2.45, 2.75) is 23.9 Å². The number of nitrogens with zero attached hydrogens (tertiary/aromatic N) is 3. The molecule has 12 heteroatoms. The number of halogens is 2. The average molecular weight is 465 g/mol. The van der Waals surface area contributed by atoms with Crippen molar-refractivity contribution >= 4 is 23.4 Å². The molecule has 3 rings (SSSR count). The summed E-state index contributed by atoms with van der Waals surface area (Å²) < 4.78 is 40.5. The number of amides is 1. The molecule has 3 N–H and O–H groups in total. The summed E-state index contributed by atoms with van der Waals surface area (Å²) in [5.74, 6) is 7.20. The number of ether oxygens (including phenoxy) is 3. The molecule has 3 aromatic rings. The van der Waals surface area contributed by atoms with Crippen LogP contribution in [0.1, 0.15) is 6.92 Å². The monoisotopic (exact) mass is 465 g/mol. The Balaban J connectivity index is 1.69. The van der Waals surface area contributed by atoms with Crippen LogP contribution >= 0.6 is 11.8 Å². The van der Waals surface area contributed by atoms with Crippen LogP contribution < -0.4 is 25.4 Å². The summed E-state index contributed by atoms with van der Waals surface area (Å²) in [6.45, 7) is -1.21. The highest BCUT2D eigenvalue weighted by molar-refractivity contribution is 8.00. The van der Waals surface area contributed by atoms with Crippen LogP contribution in [0, 0.1) is 0 Å². The molecule has 1 atom stereocenters. The Morgan fingerprint density at radius 2 is 1.69 bits per heavy atom. The third-order valence-corrected chi connectivity index (χ3v) is 5.33. The summed E-state index contributed by atoms with van der Waals surface area (Å²) in [5, 5.41) is 10.6. The summed E-state index contributed by atoms with van der Waals surface area (Å²) in [6.07, 6.45) is 0. The van der Waals surface area contributed by atoms with E-state index in [-0.39, 0.29) is 11.7 Å². The molecule has 2 aromatic carbocycles. The highest BCUT2D eigenvalue weighted by atomic mass is 32.2. The predicted octanol–water partition coefficient (Wildman–Crippen LogP) is 3.40. The molecule has 0 aliphatic carbocycles. The number of nitrogen functional groups attached to an aromatic ring is 1. The number of benzene rings is 2. The smallest absolute Gasteiger partial charge is 0.387 e. The maximum Gasteiger partial charge on any atom is 0.387 e. The van der Waals surface area contributed by atoms with Crippen LogP contribution in [0.15, 0.2) is 47.6 Å². The number of hydrogen-bond acceptors (Lipinski definition) is 8. The SMILES string of the molecule is COc1cc(NC(=O)C(C)Sc2nnc(-c3ccc(OC(F)F)cc3)n2N)cc(OC)c1. The fourth-order valence-electron chi connectivity index (χ4n) is 2.67. The van der Waals surface area contributed by atoms with Gasteiger partial charge in [0.05, 0.1) is 19.5 Å². The lowest BCUT2D eigenvalue weighted by Gasteiger charge is -2.13. The fourth-order valence-corrected chi connectivity index (χ4v) is 3.45. The maximum atomic E-state index is 12.6. The summed E-state index contributed by atoms with van der Waals surface area (Å²) in [5.41, 5.74) is 1.06. The number of nitrogens with one attached hydrogen (secondary N) is 1. The van der Waals surface area contributed by atoms with Gasteiger partial charge in [0.1, 0.15) is 17.2 Å². The van der Waals surface area contributed by atoms with Crippen LogP contribution in [0.2, 0.25) is 0 Å². The largest absolute Gasteiger partial charge is 0.497 e. The van der Waals surface area contributed by atoms with Gasteiger partial charge in [-0.1, -0.05) is 11.8 Å². The highest BCUT2D eigenvalue weighted by Gasteiger charge is 2.20. The number of alkyl halides is 2. The Morgan fingerprint density at radius 3 is 2.25 bits per heavy atom. The second-order valence-electron chi connectivity index (χ2n) is 6.43. The Kier molecular flexibility index (Phi) is 7.36. The van der Waals surface area contributed by atoms with E-state index < -0.39 is 11.9 Å². The van der Waals surface area contributed by atoms with Gasteiger partial charge in [-0.2, -0.15) is 8.78 Å². The first-order chi connectivity index (χ1) is 15.3. The summed E-state index contributed by atoms with van der Waals surface area (Å²) in [7, 11) is 3.04. The molecule has 170 valence electrons. The fraction of sp³-hybridized carbons (Fsp3) is 0.250. The lowest BCUT2D eigenvalue weighted by atomic mass is 10.2. The number of rotatable bonds is 9. The number of methoxy groups -OCH3 is 2. The molecule has 0 spiro atoms. The number of nitrogens with two attached hydrogens (primary N) is 1. The van der Waals surface area contributed by atoms with Crippen LogP contribution in [0.4, 0.5) is 14.5 Å². The van der Waals surface area contributed by atoms with Crippen LogP contribution in [0.25, 0.3) is 11.4 Å². The van der Waals surface area contributed by atoms with Crippen molar-refractivity contribution < 1.29 is 27.8 Å². The lowest BCUT2D eigenvalue weighted by Crippen LogP contribution is -2.23. The Bertz CT molecular complexity index is 1060. The third kappa shape index (κ3) is 5.58. The van der Waals surface area contributed by atoms with E-state index in [1.54, 1.807) is 25.1 Å². The van der Waals surface area contributed by atoms with Crippen LogP contribution in [0.3, 0.4) is 0 Å². The molecule has 1 unspecified atom stereocenters. The van der Waals surface area contributed by atoms with Crippen molar-refractivity contribution in [1.82, 2.24) is 14.9 Å². The van der Waals surface area contributed by atoms with Crippen LogP contribution in [0.5, 0.6) is 17.2 Å². The number of thioether (sulfide) groups is 1. The molecule has 0 saturated heterocycles. The molecule has 0 aliphatic heterocycles. The topological polar surface area (TPSA) is 114 Å². The van der Waals surface area contributed by atoms with Gasteiger partial charge in [-0.05, 0) is 31.2 Å². The van der Waals surface area contributed by atoms with Crippen molar-refractivity contribution in [1.29, 1.82) is 0 Å². The first-order valence-corrected chi connectivity index (χ1v) is 10.1. The van der Waals surface area contributed by atoms with E-state index in [0.717, 1.165) is 11.8 Å². The standard InChI is InChI=1S/C20H21F2N5O4S/c1-11(18(28)24-13-8-15(29-2)10-16(9-13)30-3)32-20-26-25-17(27(20)23)12-4-6-14(7-5-12)31-19(21)22/h4-11,19H,23H2,1-3H3,(H,24,28). The normalized spacial score (nSPS) is 11.8. The first kappa shape index (κ1) is 23.1. The van der Waals surface area contributed by atoms with Crippen LogP contribution in [-0.4, -0.2) is 46.9 Å². The maximum absolute atomic E-state index is 12.6. The van der Waals surface area contributed by atoms with Gasteiger partial charge >= 0.3 is 6.61 Å². The van der Waals surface area contributed by atoms with Crippen molar-refractivity contribution in [3.63, 3.8) is 0 Å². The van der Waals surface area contributed by atoms with E-state index in [2.05, 4.69) is 20.3 Å². The number of anilines is 1. The number of hydrogen-bond donors (Lipinski definition) is 2. The van der Waals surface area contributed by atoms with Gasteiger partial charge in [-0.3, -0.25) is 4.79 Å². The van der Waals surface area contributed by atoms with E-state index in [4.69, 9.17) is 15.3 Å². The number of aromatic nitrogens is 3. The van der Waals surface area contributed by atoms with Gasteiger partial charge in [0.25, 0.3) is 0 Å². The van der Waals surface area contributed by atoms with E-state index >= 15 is 0 Å². The highest BCUT2D eigenvalue weighted by Crippen LogP contribution is 2.29. The van der Waals surface area contributed by atoms with E-state index in [0.29, 0.717) is 33.7 Å². The van der Waals surface area contributed by atoms with E-state index in [9.17, 15) is 13.6 Å². The van der Waals surface area contributed by atoms with Gasteiger partial charge in [-0.25, -0.2) is 4.68 Å². The minimum atomic E-state index is -2.91. The van der Waals surface area contributed by atoms with Crippen molar-refractivity contribution in [2.24, 2.45) is 0 Å². The predicted molar refractivity (Wildman–Crippen MR) is 116 cm³/mol. The molecular formula is C20H21F2N5O4S. The molecule has 0 saturated carbocycles. The van der Waals surface area contributed by atoms with Gasteiger partial charge in [0.15, 0.2) is 5.82 Å². The van der Waals surface area contributed by atoms with Crippen LogP contribution in [-0.2, 0) is 4.79 Å². The molecular weight excluding hydrogens is 444 g/mol.